The Hall–Kier alpha value is -2.16. The second kappa shape index (κ2) is 5.68. The van der Waals surface area contributed by atoms with Gasteiger partial charge >= 0.3 is 0 Å². The fourth-order valence-corrected chi connectivity index (χ4v) is 2.12. The number of rotatable bonds is 3. The van der Waals surface area contributed by atoms with E-state index in [1.54, 1.807) is 18.2 Å². The van der Waals surface area contributed by atoms with Gasteiger partial charge in [0.1, 0.15) is 0 Å². The minimum Gasteiger partial charge on any atom is -0.494 e. The van der Waals surface area contributed by atoms with Gasteiger partial charge in [-0.2, -0.15) is 0 Å². The fourth-order valence-electron chi connectivity index (χ4n) is 2.12. The van der Waals surface area contributed by atoms with Crippen molar-refractivity contribution >= 4 is 5.78 Å². The van der Waals surface area contributed by atoms with E-state index >= 15 is 0 Å². The molecule has 0 aliphatic rings. The van der Waals surface area contributed by atoms with Crippen molar-refractivity contribution < 1.29 is 13.9 Å². The van der Waals surface area contributed by atoms with E-state index in [0.717, 1.165) is 5.56 Å². The van der Waals surface area contributed by atoms with Gasteiger partial charge in [0, 0.05) is 5.56 Å². The molecule has 0 aliphatic carbocycles. The fraction of sp³-hybridized carbons (Fsp3) is 0.278. The zero-order valence-electron chi connectivity index (χ0n) is 12.7. The Kier molecular flexibility index (Phi) is 4.12. The Morgan fingerprint density at radius 3 is 2.19 bits per heavy atom. The highest BCUT2D eigenvalue weighted by Crippen LogP contribution is 2.25. The molecule has 0 aromatic heterocycles. The largest absolute Gasteiger partial charge is 0.494 e. The molecular weight excluding hydrogens is 267 g/mol. The molecule has 2 aromatic carbocycles. The van der Waals surface area contributed by atoms with Crippen LogP contribution >= 0.6 is 0 Å². The highest BCUT2D eigenvalue weighted by Gasteiger charge is 2.18. The summed E-state index contributed by atoms with van der Waals surface area (Å²) in [6, 6.07) is 11.9. The summed E-state index contributed by atoms with van der Waals surface area (Å²) in [6.45, 7) is 6.31. The first-order valence-electron chi connectivity index (χ1n) is 6.82. The number of methoxy groups -OCH3 is 1. The molecule has 2 rings (SSSR count). The molecule has 0 bridgehead atoms. The number of ketones is 1. The lowest BCUT2D eigenvalue weighted by Crippen LogP contribution is -2.12. The predicted molar refractivity (Wildman–Crippen MR) is 81.5 cm³/mol. The molecule has 0 unspecified atom stereocenters. The van der Waals surface area contributed by atoms with Crippen LogP contribution in [0.4, 0.5) is 4.39 Å². The molecule has 0 spiro atoms. The molecule has 0 N–H and O–H groups in total. The van der Waals surface area contributed by atoms with Crippen molar-refractivity contribution in [3.63, 3.8) is 0 Å². The Bertz CT molecular complexity index is 652. The molecule has 0 saturated carbocycles. The van der Waals surface area contributed by atoms with E-state index in [1.807, 2.05) is 12.1 Å². The SMILES string of the molecule is COc1cccc(C(=O)c2ccc(C(C)(C)C)cc2)c1F. The van der Waals surface area contributed by atoms with E-state index in [1.165, 1.54) is 19.2 Å². The van der Waals surface area contributed by atoms with Gasteiger partial charge in [-0.15, -0.1) is 0 Å². The first kappa shape index (κ1) is 15.2. The lowest BCUT2D eigenvalue weighted by atomic mass is 9.86. The maximum Gasteiger partial charge on any atom is 0.196 e. The van der Waals surface area contributed by atoms with Crippen molar-refractivity contribution in [1.29, 1.82) is 0 Å². The Balaban J connectivity index is 2.37. The maximum atomic E-state index is 14.1. The molecule has 0 fully saturated rings. The zero-order chi connectivity index (χ0) is 15.6. The van der Waals surface area contributed by atoms with Crippen LogP contribution < -0.4 is 4.74 Å². The Morgan fingerprint density at radius 1 is 1.05 bits per heavy atom. The quantitative estimate of drug-likeness (QED) is 0.783. The number of carbonyl (C=O) groups excluding carboxylic acids is 1. The lowest BCUT2D eigenvalue weighted by molar-refractivity contribution is 0.103. The van der Waals surface area contributed by atoms with Crippen LogP contribution in [-0.2, 0) is 5.41 Å². The normalized spacial score (nSPS) is 11.3. The van der Waals surface area contributed by atoms with E-state index in [0.29, 0.717) is 5.56 Å². The molecular formula is C18H19FO2. The third-order valence-corrected chi connectivity index (χ3v) is 3.44. The number of benzene rings is 2. The average molecular weight is 286 g/mol. The average Bonchev–Trinajstić information content (AvgIpc) is 2.46. The third-order valence-electron chi connectivity index (χ3n) is 3.44. The summed E-state index contributed by atoms with van der Waals surface area (Å²) in [5, 5.41) is 0. The van der Waals surface area contributed by atoms with Gasteiger partial charge < -0.3 is 4.74 Å². The monoisotopic (exact) mass is 286 g/mol. The summed E-state index contributed by atoms with van der Waals surface area (Å²) < 4.78 is 19.0. The standard InChI is InChI=1S/C18H19FO2/c1-18(2,3)13-10-8-12(9-11-13)17(20)14-6-5-7-15(21-4)16(14)19/h5-11H,1-4H3. The lowest BCUT2D eigenvalue weighted by Gasteiger charge is -2.19. The molecule has 110 valence electrons. The van der Waals surface area contributed by atoms with Gasteiger partial charge in [-0.1, -0.05) is 51.1 Å². The molecule has 0 aliphatic heterocycles. The van der Waals surface area contributed by atoms with Crippen LogP contribution in [0.1, 0.15) is 42.3 Å². The van der Waals surface area contributed by atoms with Crippen molar-refractivity contribution in [2.45, 2.75) is 26.2 Å². The predicted octanol–water partition coefficient (Wildman–Crippen LogP) is 4.36. The van der Waals surface area contributed by atoms with E-state index in [4.69, 9.17) is 4.74 Å². The topological polar surface area (TPSA) is 26.3 Å². The Labute approximate surface area is 124 Å². The summed E-state index contributed by atoms with van der Waals surface area (Å²) >= 11 is 0. The van der Waals surface area contributed by atoms with Gasteiger partial charge in [-0.3, -0.25) is 4.79 Å². The van der Waals surface area contributed by atoms with Crippen LogP contribution in [0.3, 0.4) is 0 Å². The number of hydrogen-bond donors (Lipinski definition) is 0. The van der Waals surface area contributed by atoms with Crippen LogP contribution in [0.5, 0.6) is 5.75 Å². The second-order valence-corrected chi connectivity index (χ2v) is 5.98. The van der Waals surface area contributed by atoms with Crippen molar-refractivity contribution in [1.82, 2.24) is 0 Å². The van der Waals surface area contributed by atoms with Crippen molar-refractivity contribution in [3.05, 3.63) is 65.0 Å². The smallest absolute Gasteiger partial charge is 0.196 e. The summed E-state index contributed by atoms with van der Waals surface area (Å²) in [4.78, 5) is 12.4. The van der Waals surface area contributed by atoms with E-state index in [-0.39, 0.29) is 22.5 Å². The number of hydrogen-bond acceptors (Lipinski definition) is 2. The van der Waals surface area contributed by atoms with Crippen LogP contribution in [0, 0.1) is 5.82 Å². The van der Waals surface area contributed by atoms with Crippen molar-refractivity contribution in [2.24, 2.45) is 0 Å². The number of halogens is 1. The minimum absolute atomic E-state index is 0.0167. The minimum atomic E-state index is -0.620. The van der Waals surface area contributed by atoms with Crippen LogP contribution in [0.15, 0.2) is 42.5 Å². The summed E-state index contributed by atoms with van der Waals surface area (Å²) in [6.07, 6.45) is 0. The van der Waals surface area contributed by atoms with E-state index in [9.17, 15) is 9.18 Å². The van der Waals surface area contributed by atoms with E-state index < -0.39 is 5.82 Å². The van der Waals surface area contributed by atoms with E-state index in [2.05, 4.69) is 20.8 Å². The third kappa shape index (κ3) is 3.13. The zero-order valence-corrected chi connectivity index (χ0v) is 12.7. The first-order chi connectivity index (χ1) is 9.84. The summed E-state index contributed by atoms with van der Waals surface area (Å²) in [5.74, 6) is -0.885. The molecule has 3 heteroatoms. The highest BCUT2D eigenvalue weighted by molar-refractivity contribution is 6.09. The number of ether oxygens (including phenoxy) is 1. The first-order valence-corrected chi connectivity index (χ1v) is 6.82. The molecule has 21 heavy (non-hydrogen) atoms. The van der Waals surface area contributed by atoms with Gasteiger partial charge in [-0.25, -0.2) is 4.39 Å². The molecule has 2 nitrogen and oxygen atoms in total. The van der Waals surface area contributed by atoms with Gasteiger partial charge in [0.25, 0.3) is 0 Å². The molecule has 0 heterocycles. The molecule has 0 saturated heterocycles. The molecule has 0 radical (unpaired) electrons. The van der Waals surface area contributed by atoms with Gasteiger partial charge in [0.15, 0.2) is 17.3 Å². The number of carbonyl (C=O) groups is 1. The Morgan fingerprint density at radius 2 is 1.67 bits per heavy atom. The van der Waals surface area contributed by atoms with Crippen LogP contribution in [0.2, 0.25) is 0 Å². The van der Waals surface area contributed by atoms with Crippen LogP contribution in [-0.4, -0.2) is 12.9 Å². The van der Waals surface area contributed by atoms with Crippen molar-refractivity contribution in [3.8, 4) is 5.75 Å². The van der Waals surface area contributed by atoms with Gasteiger partial charge in [0.05, 0.1) is 12.7 Å². The molecule has 0 atom stereocenters. The summed E-state index contributed by atoms with van der Waals surface area (Å²) in [5.41, 5.74) is 1.64. The second-order valence-electron chi connectivity index (χ2n) is 5.98. The maximum absolute atomic E-state index is 14.1. The molecule has 0 amide bonds. The van der Waals surface area contributed by atoms with Crippen molar-refractivity contribution in [2.75, 3.05) is 7.11 Å². The van der Waals surface area contributed by atoms with Crippen LogP contribution in [0.25, 0.3) is 0 Å². The highest BCUT2D eigenvalue weighted by atomic mass is 19.1. The van der Waals surface area contributed by atoms with Gasteiger partial charge in [-0.05, 0) is 23.1 Å². The summed E-state index contributed by atoms with van der Waals surface area (Å²) in [7, 11) is 1.38. The molecule has 2 aromatic rings. The van der Waals surface area contributed by atoms with Gasteiger partial charge in [0.2, 0.25) is 0 Å².